The predicted octanol–water partition coefficient (Wildman–Crippen LogP) is 3.08. The van der Waals surface area contributed by atoms with Crippen molar-refractivity contribution < 1.29 is 9.90 Å². The quantitative estimate of drug-likeness (QED) is 0.916. The van der Waals surface area contributed by atoms with E-state index in [1.165, 1.54) is 44.2 Å². The van der Waals surface area contributed by atoms with Gasteiger partial charge in [0.2, 0.25) is 0 Å². The van der Waals surface area contributed by atoms with Gasteiger partial charge in [-0.25, -0.2) is 0 Å². The number of nitrogens with zero attached hydrogens (tertiary/aromatic N) is 1. The summed E-state index contributed by atoms with van der Waals surface area (Å²) >= 11 is 0. The molecule has 1 heterocycles. The summed E-state index contributed by atoms with van der Waals surface area (Å²) in [5.74, 6) is 0.164. The molecule has 1 aliphatic heterocycles. The van der Waals surface area contributed by atoms with Crippen molar-refractivity contribution in [3.8, 4) is 0 Å². The Labute approximate surface area is 120 Å². The number of hydrogen-bond acceptors (Lipinski definition) is 2. The third-order valence-corrected chi connectivity index (χ3v) is 4.89. The predicted molar refractivity (Wildman–Crippen MR) is 78.6 cm³/mol. The largest absolute Gasteiger partial charge is 0.481 e. The van der Waals surface area contributed by atoms with Gasteiger partial charge in [0.15, 0.2) is 0 Å². The van der Waals surface area contributed by atoms with Gasteiger partial charge in [-0.3, -0.25) is 9.69 Å². The molecule has 3 nitrogen and oxygen atoms in total. The summed E-state index contributed by atoms with van der Waals surface area (Å²) in [6.45, 7) is 2.25. The molecule has 1 saturated carbocycles. The summed E-state index contributed by atoms with van der Waals surface area (Å²) in [5, 5.41) is 8.79. The van der Waals surface area contributed by atoms with Crippen LogP contribution in [0.4, 0.5) is 0 Å². The van der Waals surface area contributed by atoms with E-state index in [9.17, 15) is 4.79 Å². The minimum absolute atomic E-state index is 0.120. The molecule has 1 aromatic rings. The molecule has 3 rings (SSSR count). The van der Waals surface area contributed by atoms with Crippen molar-refractivity contribution in [2.75, 3.05) is 6.54 Å². The summed E-state index contributed by atoms with van der Waals surface area (Å²) < 4.78 is 0. The molecule has 1 N–H and O–H groups in total. The third-order valence-electron chi connectivity index (χ3n) is 4.89. The van der Waals surface area contributed by atoms with Gasteiger partial charge in [-0.2, -0.15) is 0 Å². The fraction of sp³-hybridized carbons (Fsp3) is 0.588. The lowest BCUT2D eigenvalue weighted by atomic mass is 9.85. The van der Waals surface area contributed by atoms with Gasteiger partial charge in [-0.1, -0.05) is 37.1 Å². The Morgan fingerprint density at radius 2 is 1.80 bits per heavy atom. The first-order valence-electron chi connectivity index (χ1n) is 7.76. The summed E-state index contributed by atoms with van der Waals surface area (Å²) in [6, 6.07) is 8.89. The first kappa shape index (κ1) is 13.6. The van der Waals surface area contributed by atoms with Crippen LogP contribution in [0.1, 0.15) is 43.2 Å². The summed E-state index contributed by atoms with van der Waals surface area (Å²) in [7, 11) is 0. The Morgan fingerprint density at radius 3 is 2.55 bits per heavy atom. The molecule has 2 fully saturated rings. The number of aliphatic carboxylic acids is 1. The maximum atomic E-state index is 10.7. The van der Waals surface area contributed by atoms with Crippen LogP contribution in [-0.4, -0.2) is 28.6 Å². The van der Waals surface area contributed by atoms with Crippen molar-refractivity contribution in [3.63, 3.8) is 0 Å². The van der Waals surface area contributed by atoms with E-state index in [-0.39, 0.29) is 6.42 Å². The molecule has 3 heteroatoms. The highest BCUT2D eigenvalue weighted by atomic mass is 16.4. The third kappa shape index (κ3) is 3.04. The summed E-state index contributed by atoms with van der Waals surface area (Å²) in [4.78, 5) is 13.3. The highest BCUT2D eigenvalue weighted by Crippen LogP contribution is 2.36. The van der Waals surface area contributed by atoms with Gasteiger partial charge in [0.05, 0.1) is 6.42 Å². The number of carboxylic acids is 1. The van der Waals surface area contributed by atoms with Crippen molar-refractivity contribution in [2.45, 2.75) is 51.1 Å². The summed E-state index contributed by atoms with van der Waals surface area (Å²) in [6.07, 6.45) is 7.06. The van der Waals surface area contributed by atoms with Crippen LogP contribution >= 0.6 is 0 Å². The maximum Gasteiger partial charge on any atom is 0.307 e. The standard InChI is InChI=1S/C17H23NO2/c19-17(20)11-13-5-7-14(8-6-13)12-18-10-9-15-3-1-2-4-16(15)18/h5-8,15-16H,1-4,9-12H2,(H,19,20). The van der Waals surface area contributed by atoms with Crippen LogP contribution < -0.4 is 0 Å². The summed E-state index contributed by atoms with van der Waals surface area (Å²) in [5.41, 5.74) is 2.20. The van der Waals surface area contributed by atoms with Crippen LogP contribution in [0.25, 0.3) is 0 Å². The molecule has 1 saturated heterocycles. The van der Waals surface area contributed by atoms with E-state index in [0.717, 1.165) is 24.1 Å². The van der Waals surface area contributed by atoms with Gasteiger partial charge in [-0.05, 0) is 42.9 Å². The lowest BCUT2D eigenvalue weighted by molar-refractivity contribution is -0.136. The lowest BCUT2D eigenvalue weighted by Crippen LogP contribution is -2.34. The number of benzene rings is 1. The van der Waals surface area contributed by atoms with Gasteiger partial charge in [0, 0.05) is 12.6 Å². The Balaban J connectivity index is 1.61. The molecule has 0 radical (unpaired) electrons. The van der Waals surface area contributed by atoms with Gasteiger partial charge in [0.1, 0.15) is 0 Å². The molecule has 0 spiro atoms. The zero-order chi connectivity index (χ0) is 13.9. The number of carboxylic acid groups (broad SMARTS) is 1. The molecule has 20 heavy (non-hydrogen) atoms. The normalized spacial score (nSPS) is 26.4. The van der Waals surface area contributed by atoms with Gasteiger partial charge in [-0.15, -0.1) is 0 Å². The highest BCUT2D eigenvalue weighted by molar-refractivity contribution is 5.70. The molecule has 1 aliphatic carbocycles. The minimum Gasteiger partial charge on any atom is -0.481 e. The van der Waals surface area contributed by atoms with Crippen LogP contribution in [0, 0.1) is 5.92 Å². The smallest absolute Gasteiger partial charge is 0.307 e. The number of likely N-dealkylation sites (tertiary alicyclic amines) is 1. The molecule has 0 bridgehead atoms. The number of carbonyl (C=O) groups is 1. The maximum absolute atomic E-state index is 10.7. The number of fused-ring (bicyclic) bond motifs is 1. The molecular weight excluding hydrogens is 250 g/mol. The topological polar surface area (TPSA) is 40.5 Å². The molecule has 2 unspecified atom stereocenters. The van der Waals surface area contributed by atoms with Crippen LogP contribution in [0.5, 0.6) is 0 Å². The molecule has 1 aromatic carbocycles. The number of hydrogen-bond donors (Lipinski definition) is 1. The first-order chi connectivity index (χ1) is 9.72. The second-order valence-electron chi connectivity index (χ2n) is 6.26. The zero-order valence-corrected chi connectivity index (χ0v) is 11.9. The van der Waals surface area contributed by atoms with E-state index in [0.29, 0.717) is 0 Å². The Kier molecular flexibility index (Phi) is 4.06. The van der Waals surface area contributed by atoms with Gasteiger partial charge in [0.25, 0.3) is 0 Å². The molecular formula is C17H23NO2. The van der Waals surface area contributed by atoms with E-state index in [2.05, 4.69) is 17.0 Å². The van der Waals surface area contributed by atoms with Crippen molar-refractivity contribution in [3.05, 3.63) is 35.4 Å². The Hall–Kier alpha value is -1.35. The Morgan fingerprint density at radius 1 is 1.10 bits per heavy atom. The average molecular weight is 273 g/mol. The highest BCUT2D eigenvalue weighted by Gasteiger charge is 2.35. The fourth-order valence-electron chi connectivity index (χ4n) is 3.87. The average Bonchev–Trinajstić information content (AvgIpc) is 2.84. The zero-order valence-electron chi connectivity index (χ0n) is 11.9. The van der Waals surface area contributed by atoms with Gasteiger partial charge >= 0.3 is 5.97 Å². The number of rotatable bonds is 4. The fourth-order valence-corrected chi connectivity index (χ4v) is 3.87. The molecule has 2 atom stereocenters. The van der Waals surface area contributed by atoms with Crippen LogP contribution in [0.15, 0.2) is 24.3 Å². The second-order valence-corrected chi connectivity index (χ2v) is 6.26. The molecule has 2 aliphatic rings. The van der Waals surface area contributed by atoms with Crippen LogP contribution in [0.3, 0.4) is 0 Å². The van der Waals surface area contributed by atoms with Gasteiger partial charge < -0.3 is 5.11 Å². The van der Waals surface area contributed by atoms with Crippen molar-refractivity contribution in [1.29, 1.82) is 0 Å². The van der Waals surface area contributed by atoms with E-state index in [1.54, 1.807) is 0 Å². The lowest BCUT2D eigenvalue weighted by Gasteiger charge is -2.31. The van der Waals surface area contributed by atoms with E-state index < -0.39 is 5.97 Å². The minimum atomic E-state index is -0.762. The van der Waals surface area contributed by atoms with Crippen LogP contribution in [0.2, 0.25) is 0 Å². The molecule has 108 valence electrons. The van der Waals surface area contributed by atoms with E-state index in [4.69, 9.17) is 5.11 Å². The SMILES string of the molecule is O=C(O)Cc1ccc(CN2CCC3CCCCC32)cc1. The van der Waals surface area contributed by atoms with Crippen molar-refractivity contribution >= 4 is 5.97 Å². The Bertz CT molecular complexity index is 468. The molecule has 0 amide bonds. The monoisotopic (exact) mass is 273 g/mol. The van der Waals surface area contributed by atoms with E-state index >= 15 is 0 Å². The van der Waals surface area contributed by atoms with Crippen molar-refractivity contribution in [1.82, 2.24) is 4.90 Å². The van der Waals surface area contributed by atoms with Crippen molar-refractivity contribution in [2.24, 2.45) is 5.92 Å². The second kappa shape index (κ2) is 5.96. The first-order valence-corrected chi connectivity index (χ1v) is 7.76. The van der Waals surface area contributed by atoms with E-state index in [1.807, 2.05) is 12.1 Å². The van der Waals surface area contributed by atoms with Crippen LogP contribution in [-0.2, 0) is 17.8 Å². The molecule has 0 aromatic heterocycles.